The van der Waals surface area contributed by atoms with Crippen molar-refractivity contribution in [1.82, 2.24) is 10.2 Å². The van der Waals surface area contributed by atoms with Crippen molar-refractivity contribution in [1.29, 1.82) is 0 Å². The zero-order chi connectivity index (χ0) is 18.8. The predicted octanol–water partition coefficient (Wildman–Crippen LogP) is 2.32. The van der Waals surface area contributed by atoms with Crippen LogP contribution in [0.5, 0.6) is 5.75 Å². The monoisotopic (exact) mass is 360 g/mol. The molecule has 0 bridgehead atoms. The number of piperidine rings is 1. The van der Waals surface area contributed by atoms with Crippen LogP contribution in [0, 0.1) is 12.8 Å². The van der Waals surface area contributed by atoms with E-state index in [2.05, 4.69) is 36.2 Å². The van der Waals surface area contributed by atoms with Gasteiger partial charge in [0.15, 0.2) is 5.96 Å². The van der Waals surface area contributed by atoms with E-state index in [9.17, 15) is 4.79 Å². The fraction of sp³-hybridized carbons (Fsp3) is 0.600. The molecule has 1 amide bonds. The van der Waals surface area contributed by atoms with Gasteiger partial charge in [0.05, 0.1) is 6.61 Å². The minimum atomic E-state index is -0.216. The number of rotatable bonds is 8. The first-order valence-electron chi connectivity index (χ1n) is 9.59. The Morgan fingerprint density at radius 1 is 1.38 bits per heavy atom. The molecule has 26 heavy (non-hydrogen) atoms. The van der Waals surface area contributed by atoms with E-state index in [-0.39, 0.29) is 5.91 Å². The van der Waals surface area contributed by atoms with Crippen LogP contribution in [0.25, 0.3) is 0 Å². The lowest BCUT2D eigenvalue weighted by molar-refractivity contribution is -0.119. The van der Waals surface area contributed by atoms with Gasteiger partial charge in [0, 0.05) is 39.0 Å². The van der Waals surface area contributed by atoms with Gasteiger partial charge in [0.25, 0.3) is 0 Å². The van der Waals surface area contributed by atoms with Gasteiger partial charge < -0.3 is 20.7 Å². The number of carbonyl (C=O) groups excluding carboxylic acids is 1. The molecule has 0 aromatic heterocycles. The molecule has 0 spiro atoms. The van der Waals surface area contributed by atoms with Crippen molar-refractivity contribution in [2.75, 3.05) is 32.8 Å². The Labute approximate surface area is 156 Å². The summed E-state index contributed by atoms with van der Waals surface area (Å²) >= 11 is 0. The standard InChI is InChI=1S/C20H32N4O2/c1-3-22-20(24-12-4-6-17(15-24)14-19(21)25)23-11-5-13-26-18-9-7-16(2)8-10-18/h7-10,17H,3-6,11-15H2,1-2H3,(H2,21,25)(H,22,23). The third kappa shape index (κ3) is 6.94. The Hall–Kier alpha value is -2.24. The summed E-state index contributed by atoms with van der Waals surface area (Å²) in [4.78, 5) is 18.2. The second-order valence-electron chi connectivity index (χ2n) is 6.88. The first kappa shape index (κ1) is 20.1. The topological polar surface area (TPSA) is 80.0 Å². The van der Waals surface area contributed by atoms with Gasteiger partial charge in [-0.3, -0.25) is 9.79 Å². The zero-order valence-corrected chi connectivity index (χ0v) is 16.0. The molecule has 144 valence electrons. The van der Waals surface area contributed by atoms with Crippen LogP contribution in [-0.2, 0) is 4.79 Å². The lowest BCUT2D eigenvalue weighted by Crippen LogP contribution is -2.47. The Morgan fingerprint density at radius 3 is 2.85 bits per heavy atom. The Balaban J connectivity index is 1.79. The van der Waals surface area contributed by atoms with Crippen molar-refractivity contribution < 1.29 is 9.53 Å². The second-order valence-corrected chi connectivity index (χ2v) is 6.88. The molecule has 0 radical (unpaired) electrons. The van der Waals surface area contributed by atoms with Gasteiger partial charge >= 0.3 is 0 Å². The van der Waals surface area contributed by atoms with Crippen molar-refractivity contribution >= 4 is 11.9 Å². The fourth-order valence-corrected chi connectivity index (χ4v) is 3.21. The number of aliphatic imine (C=N–C) groups is 1. The van der Waals surface area contributed by atoms with Crippen LogP contribution < -0.4 is 15.8 Å². The number of hydrogen-bond acceptors (Lipinski definition) is 3. The molecule has 1 aromatic carbocycles. The third-order valence-corrected chi connectivity index (χ3v) is 4.50. The van der Waals surface area contributed by atoms with Crippen LogP contribution >= 0.6 is 0 Å². The maximum atomic E-state index is 11.2. The van der Waals surface area contributed by atoms with Crippen LogP contribution in [-0.4, -0.2) is 49.6 Å². The van der Waals surface area contributed by atoms with E-state index in [4.69, 9.17) is 15.5 Å². The van der Waals surface area contributed by atoms with Crippen molar-refractivity contribution in [3.8, 4) is 5.75 Å². The number of guanidine groups is 1. The molecular weight excluding hydrogens is 328 g/mol. The van der Waals surface area contributed by atoms with Crippen LogP contribution in [0.15, 0.2) is 29.3 Å². The molecular formula is C20H32N4O2. The molecule has 1 unspecified atom stereocenters. The smallest absolute Gasteiger partial charge is 0.217 e. The van der Waals surface area contributed by atoms with Crippen molar-refractivity contribution in [2.45, 2.75) is 39.5 Å². The summed E-state index contributed by atoms with van der Waals surface area (Å²) in [6.45, 7) is 8.14. The molecule has 2 rings (SSSR count). The van der Waals surface area contributed by atoms with E-state index in [1.165, 1.54) is 5.56 Å². The average molecular weight is 361 g/mol. The van der Waals surface area contributed by atoms with Gasteiger partial charge in [-0.15, -0.1) is 0 Å². The summed E-state index contributed by atoms with van der Waals surface area (Å²) < 4.78 is 5.75. The second kappa shape index (κ2) is 10.7. The quantitative estimate of drug-likeness (QED) is 0.424. The van der Waals surface area contributed by atoms with E-state index in [1.54, 1.807) is 0 Å². The molecule has 6 heteroatoms. The molecule has 1 aliphatic rings. The molecule has 6 nitrogen and oxygen atoms in total. The number of nitrogens with one attached hydrogen (secondary N) is 1. The van der Waals surface area contributed by atoms with Gasteiger partial charge in [0.2, 0.25) is 5.91 Å². The van der Waals surface area contributed by atoms with Gasteiger partial charge in [-0.25, -0.2) is 0 Å². The SMILES string of the molecule is CCNC(=NCCCOc1ccc(C)cc1)N1CCCC(CC(N)=O)C1. The predicted molar refractivity (Wildman–Crippen MR) is 105 cm³/mol. The van der Waals surface area contributed by atoms with E-state index in [0.717, 1.165) is 50.6 Å². The zero-order valence-electron chi connectivity index (χ0n) is 16.0. The molecule has 1 saturated heterocycles. The van der Waals surface area contributed by atoms with Crippen LogP contribution in [0.2, 0.25) is 0 Å². The van der Waals surface area contributed by atoms with Gasteiger partial charge in [-0.05, 0) is 44.7 Å². The summed E-state index contributed by atoms with van der Waals surface area (Å²) in [6, 6.07) is 8.09. The Kier molecular flexibility index (Phi) is 8.25. The fourth-order valence-electron chi connectivity index (χ4n) is 3.21. The number of benzene rings is 1. The van der Waals surface area contributed by atoms with Crippen molar-refractivity contribution in [2.24, 2.45) is 16.6 Å². The lowest BCUT2D eigenvalue weighted by atomic mass is 9.95. The number of ether oxygens (including phenoxy) is 1. The number of carbonyl (C=O) groups is 1. The number of aryl methyl sites for hydroxylation is 1. The van der Waals surface area contributed by atoms with Gasteiger partial charge in [-0.2, -0.15) is 0 Å². The van der Waals surface area contributed by atoms with Crippen LogP contribution in [0.4, 0.5) is 0 Å². The van der Waals surface area contributed by atoms with Crippen molar-refractivity contribution in [3.05, 3.63) is 29.8 Å². The number of primary amides is 1. The normalized spacial score (nSPS) is 17.8. The minimum absolute atomic E-state index is 0.216. The number of nitrogens with two attached hydrogens (primary N) is 1. The maximum absolute atomic E-state index is 11.2. The van der Waals surface area contributed by atoms with Crippen LogP contribution in [0.1, 0.15) is 38.2 Å². The first-order valence-corrected chi connectivity index (χ1v) is 9.59. The number of likely N-dealkylation sites (tertiary alicyclic amines) is 1. The lowest BCUT2D eigenvalue weighted by Gasteiger charge is -2.34. The average Bonchev–Trinajstić information content (AvgIpc) is 2.62. The highest BCUT2D eigenvalue weighted by atomic mass is 16.5. The highest BCUT2D eigenvalue weighted by Crippen LogP contribution is 2.19. The maximum Gasteiger partial charge on any atom is 0.217 e. The number of hydrogen-bond donors (Lipinski definition) is 2. The van der Waals surface area contributed by atoms with Gasteiger partial charge in [0.1, 0.15) is 5.75 Å². The molecule has 1 aromatic rings. The van der Waals surface area contributed by atoms with E-state index < -0.39 is 0 Å². The van der Waals surface area contributed by atoms with E-state index in [0.29, 0.717) is 25.5 Å². The molecule has 3 N–H and O–H groups in total. The summed E-state index contributed by atoms with van der Waals surface area (Å²) in [5.41, 5.74) is 6.59. The van der Waals surface area contributed by atoms with Crippen LogP contribution in [0.3, 0.4) is 0 Å². The minimum Gasteiger partial charge on any atom is -0.494 e. The summed E-state index contributed by atoms with van der Waals surface area (Å²) in [5, 5.41) is 3.36. The highest BCUT2D eigenvalue weighted by Gasteiger charge is 2.23. The first-order chi connectivity index (χ1) is 12.6. The summed E-state index contributed by atoms with van der Waals surface area (Å²) in [6.07, 6.45) is 3.45. The Morgan fingerprint density at radius 2 is 2.15 bits per heavy atom. The molecule has 1 aliphatic heterocycles. The summed E-state index contributed by atoms with van der Waals surface area (Å²) in [5.74, 6) is 1.94. The van der Waals surface area contributed by atoms with Gasteiger partial charge in [-0.1, -0.05) is 17.7 Å². The Bertz CT molecular complexity index is 586. The van der Waals surface area contributed by atoms with E-state index in [1.807, 2.05) is 12.1 Å². The number of amides is 1. The van der Waals surface area contributed by atoms with Crippen molar-refractivity contribution in [3.63, 3.8) is 0 Å². The molecule has 0 saturated carbocycles. The molecule has 0 aliphatic carbocycles. The number of nitrogens with zero attached hydrogens (tertiary/aromatic N) is 2. The molecule has 1 fully saturated rings. The largest absolute Gasteiger partial charge is 0.494 e. The molecule has 1 atom stereocenters. The summed E-state index contributed by atoms with van der Waals surface area (Å²) in [7, 11) is 0. The third-order valence-electron chi connectivity index (χ3n) is 4.50. The van der Waals surface area contributed by atoms with E-state index >= 15 is 0 Å². The molecule has 1 heterocycles. The highest BCUT2D eigenvalue weighted by molar-refractivity contribution is 5.80.